The number of hydrogen-bond acceptors (Lipinski definition) is 5. The van der Waals surface area contributed by atoms with Crippen molar-refractivity contribution in [2.75, 3.05) is 7.11 Å². The number of aliphatic hydroxyl groups excluding tert-OH is 2. The third kappa shape index (κ3) is 6.65. The van der Waals surface area contributed by atoms with E-state index in [0.29, 0.717) is 12.8 Å². The van der Waals surface area contributed by atoms with Crippen molar-refractivity contribution in [1.29, 1.82) is 0 Å². The summed E-state index contributed by atoms with van der Waals surface area (Å²) >= 11 is 0. The third-order valence-corrected chi connectivity index (χ3v) is 7.13. The van der Waals surface area contributed by atoms with Crippen LogP contribution < -0.4 is 0 Å². The summed E-state index contributed by atoms with van der Waals surface area (Å²) in [6.07, 6.45) is 14.4. The number of unbranched alkanes of at least 4 members (excludes halogenated alkanes) is 3. The Morgan fingerprint density at radius 1 is 1.28 bits per heavy atom. The van der Waals surface area contributed by atoms with Crippen molar-refractivity contribution in [2.24, 2.45) is 17.3 Å². The first-order valence-corrected chi connectivity index (χ1v) is 11.6. The van der Waals surface area contributed by atoms with E-state index in [1.165, 1.54) is 13.5 Å². The van der Waals surface area contributed by atoms with Crippen LogP contribution in [0.4, 0.5) is 0 Å². The largest absolute Gasteiger partial charge is 0.469 e. The first-order chi connectivity index (χ1) is 13.9. The number of esters is 1. The molecule has 0 heterocycles. The zero-order valence-corrected chi connectivity index (χ0v) is 18.3. The molecule has 4 atom stereocenters. The SMILES string of the molecule is CCCC1([C@@H](O)CC=C[C@H]2[C@H](O)CC(=O)[C@@H]2CCCCCCC(=O)OC)CCC1. The van der Waals surface area contributed by atoms with E-state index >= 15 is 0 Å². The van der Waals surface area contributed by atoms with Gasteiger partial charge in [0.05, 0.1) is 19.3 Å². The molecule has 0 amide bonds. The molecule has 2 saturated carbocycles. The Labute approximate surface area is 175 Å². The molecular formula is C24H40O5. The van der Waals surface area contributed by atoms with Crippen LogP contribution in [0.2, 0.25) is 0 Å². The molecule has 2 rings (SSSR count). The molecule has 0 aliphatic heterocycles. The number of rotatable bonds is 13. The molecule has 2 aliphatic rings. The molecule has 0 aromatic rings. The van der Waals surface area contributed by atoms with Crippen LogP contribution in [-0.2, 0) is 14.3 Å². The number of hydrogen-bond donors (Lipinski definition) is 2. The van der Waals surface area contributed by atoms with Crippen molar-refractivity contribution in [1.82, 2.24) is 0 Å². The van der Waals surface area contributed by atoms with Crippen molar-refractivity contribution < 1.29 is 24.5 Å². The Morgan fingerprint density at radius 3 is 2.62 bits per heavy atom. The Morgan fingerprint density at radius 2 is 2.00 bits per heavy atom. The van der Waals surface area contributed by atoms with Gasteiger partial charge in [0.1, 0.15) is 5.78 Å². The van der Waals surface area contributed by atoms with Crippen molar-refractivity contribution in [3.05, 3.63) is 12.2 Å². The second-order valence-electron chi connectivity index (χ2n) is 9.10. The quantitative estimate of drug-likeness (QED) is 0.269. The van der Waals surface area contributed by atoms with E-state index in [1.54, 1.807) is 0 Å². The van der Waals surface area contributed by atoms with Crippen LogP contribution in [0.15, 0.2) is 12.2 Å². The zero-order chi connectivity index (χ0) is 21.3. The van der Waals surface area contributed by atoms with Crippen LogP contribution in [0, 0.1) is 17.3 Å². The van der Waals surface area contributed by atoms with Gasteiger partial charge in [-0.25, -0.2) is 0 Å². The molecule has 0 saturated heterocycles. The number of carbonyl (C=O) groups excluding carboxylic acids is 2. The van der Waals surface area contributed by atoms with E-state index in [0.717, 1.165) is 57.8 Å². The number of ketones is 1. The summed E-state index contributed by atoms with van der Waals surface area (Å²) in [7, 11) is 1.40. The van der Waals surface area contributed by atoms with Crippen LogP contribution in [0.1, 0.15) is 90.4 Å². The molecule has 166 valence electrons. The molecule has 0 spiro atoms. The second kappa shape index (κ2) is 11.8. The smallest absolute Gasteiger partial charge is 0.305 e. The molecule has 5 heteroatoms. The average Bonchev–Trinajstić information content (AvgIpc) is 2.93. The highest BCUT2D eigenvalue weighted by Gasteiger charge is 2.42. The van der Waals surface area contributed by atoms with Gasteiger partial charge < -0.3 is 14.9 Å². The molecule has 0 radical (unpaired) electrons. The van der Waals surface area contributed by atoms with Crippen molar-refractivity contribution >= 4 is 11.8 Å². The lowest BCUT2D eigenvalue weighted by molar-refractivity contribution is -0.140. The average molecular weight is 409 g/mol. The fourth-order valence-electron chi connectivity index (χ4n) is 5.17. The van der Waals surface area contributed by atoms with E-state index in [4.69, 9.17) is 0 Å². The monoisotopic (exact) mass is 408 g/mol. The van der Waals surface area contributed by atoms with Gasteiger partial charge in [0.2, 0.25) is 0 Å². The van der Waals surface area contributed by atoms with Crippen LogP contribution in [0.25, 0.3) is 0 Å². The molecule has 0 bridgehead atoms. The Hall–Kier alpha value is -1.20. The van der Waals surface area contributed by atoms with Crippen molar-refractivity contribution in [3.8, 4) is 0 Å². The Bertz CT molecular complexity index is 551. The predicted octanol–water partition coefficient (Wildman–Crippen LogP) is 4.34. The number of carbonyl (C=O) groups is 2. The van der Waals surface area contributed by atoms with Gasteiger partial charge in [0.25, 0.3) is 0 Å². The molecule has 29 heavy (non-hydrogen) atoms. The van der Waals surface area contributed by atoms with Gasteiger partial charge in [-0.3, -0.25) is 9.59 Å². The number of methoxy groups -OCH3 is 1. The topological polar surface area (TPSA) is 83.8 Å². The van der Waals surface area contributed by atoms with E-state index in [-0.39, 0.29) is 41.5 Å². The highest BCUT2D eigenvalue weighted by Crippen LogP contribution is 2.48. The molecule has 5 nitrogen and oxygen atoms in total. The minimum atomic E-state index is -0.603. The summed E-state index contributed by atoms with van der Waals surface area (Å²) in [4.78, 5) is 23.5. The van der Waals surface area contributed by atoms with Gasteiger partial charge in [-0.05, 0) is 43.9 Å². The maximum atomic E-state index is 12.3. The van der Waals surface area contributed by atoms with Gasteiger partial charge >= 0.3 is 5.97 Å². The van der Waals surface area contributed by atoms with Crippen LogP contribution in [-0.4, -0.2) is 41.3 Å². The summed E-state index contributed by atoms with van der Waals surface area (Å²) in [5.41, 5.74) is 0.0901. The molecular weight excluding hydrogens is 368 g/mol. The standard InChI is InChI=1S/C24H40O5/c1-3-14-24(15-9-16-24)22(27)12-8-11-19-18(20(25)17-21(19)26)10-6-4-5-7-13-23(28)29-2/h8,11,18-19,21-22,26-27H,3-7,9-10,12-17H2,1-2H3/t18-,19-,21-,22+/m1/s1. The lowest BCUT2D eigenvalue weighted by Crippen LogP contribution is -2.41. The summed E-state index contributed by atoms with van der Waals surface area (Å²) in [6, 6.07) is 0. The van der Waals surface area contributed by atoms with Crippen LogP contribution >= 0.6 is 0 Å². The molecule has 2 N–H and O–H groups in total. The first kappa shape index (κ1) is 24.1. The van der Waals surface area contributed by atoms with Crippen LogP contribution in [0.3, 0.4) is 0 Å². The summed E-state index contributed by atoms with van der Waals surface area (Å²) < 4.78 is 4.64. The first-order valence-electron chi connectivity index (χ1n) is 11.6. The van der Waals surface area contributed by atoms with E-state index in [2.05, 4.69) is 11.7 Å². The normalized spacial score (nSPS) is 27.2. The van der Waals surface area contributed by atoms with E-state index in [1.807, 2.05) is 12.2 Å². The lowest BCUT2D eigenvalue weighted by Gasteiger charge is -2.45. The number of aliphatic hydroxyl groups is 2. The van der Waals surface area contributed by atoms with E-state index < -0.39 is 6.10 Å². The summed E-state index contributed by atoms with van der Waals surface area (Å²) in [6.45, 7) is 2.17. The van der Waals surface area contributed by atoms with Crippen LogP contribution in [0.5, 0.6) is 0 Å². The fourth-order valence-corrected chi connectivity index (χ4v) is 5.17. The zero-order valence-electron chi connectivity index (χ0n) is 18.3. The van der Waals surface area contributed by atoms with Gasteiger partial charge in [0, 0.05) is 24.7 Å². The van der Waals surface area contributed by atoms with Gasteiger partial charge in [-0.2, -0.15) is 0 Å². The van der Waals surface area contributed by atoms with Gasteiger partial charge in [0.15, 0.2) is 0 Å². The molecule has 0 aromatic heterocycles. The third-order valence-electron chi connectivity index (χ3n) is 7.13. The number of Topliss-reactive ketones (excluding diaryl/α,β-unsaturated/α-hetero) is 1. The van der Waals surface area contributed by atoms with Crippen molar-refractivity contribution in [3.63, 3.8) is 0 Å². The minimum Gasteiger partial charge on any atom is -0.469 e. The van der Waals surface area contributed by atoms with Gasteiger partial charge in [-0.15, -0.1) is 0 Å². The minimum absolute atomic E-state index is 0.0901. The molecule has 0 aromatic carbocycles. The van der Waals surface area contributed by atoms with Crippen molar-refractivity contribution in [2.45, 2.75) is 103 Å². The highest BCUT2D eigenvalue weighted by molar-refractivity contribution is 5.84. The lowest BCUT2D eigenvalue weighted by atomic mass is 9.62. The summed E-state index contributed by atoms with van der Waals surface area (Å²) in [5.74, 6) is -0.265. The fraction of sp³-hybridized carbons (Fsp3) is 0.833. The Balaban J connectivity index is 1.77. The Kier molecular flexibility index (Phi) is 9.84. The van der Waals surface area contributed by atoms with E-state index in [9.17, 15) is 19.8 Å². The highest BCUT2D eigenvalue weighted by atomic mass is 16.5. The molecule has 2 fully saturated rings. The summed E-state index contributed by atoms with van der Waals surface area (Å²) in [5, 5.41) is 21.0. The predicted molar refractivity (Wildman–Crippen MR) is 113 cm³/mol. The maximum Gasteiger partial charge on any atom is 0.305 e. The number of ether oxygens (including phenoxy) is 1. The van der Waals surface area contributed by atoms with Gasteiger partial charge in [-0.1, -0.05) is 51.2 Å². The maximum absolute atomic E-state index is 12.3. The second-order valence-corrected chi connectivity index (χ2v) is 9.10. The molecule has 2 aliphatic carbocycles. The molecule has 0 unspecified atom stereocenters.